The number of hydrogen-bond acceptors (Lipinski definition) is 3. The number of benzene rings is 1. The molecule has 2 atom stereocenters. The predicted molar refractivity (Wildman–Crippen MR) is 80.7 cm³/mol. The monoisotopic (exact) mass is 366 g/mol. The van der Waals surface area contributed by atoms with Crippen molar-refractivity contribution < 1.29 is 31.6 Å². The van der Waals surface area contributed by atoms with E-state index in [-0.39, 0.29) is 23.3 Å². The second-order valence-corrected chi connectivity index (χ2v) is 8.43. The van der Waals surface area contributed by atoms with Gasteiger partial charge in [0.15, 0.2) is 0 Å². The lowest BCUT2D eigenvalue weighted by Crippen LogP contribution is -2.47. The first-order chi connectivity index (χ1) is 11.2. The summed E-state index contributed by atoms with van der Waals surface area (Å²) >= 11 is 0. The van der Waals surface area contributed by atoms with E-state index >= 15 is 0 Å². The molecule has 3 nitrogen and oxygen atoms in total. The Morgan fingerprint density at radius 1 is 1.25 bits per heavy atom. The van der Waals surface area contributed by atoms with E-state index in [1.807, 2.05) is 0 Å². The minimum Gasteiger partial charge on any atom is -0.428 e. The maximum absolute atomic E-state index is 13.1. The van der Waals surface area contributed by atoms with Crippen LogP contribution in [0.15, 0.2) is 24.3 Å². The maximum atomic E-state index is 13.1. The number of fused-ring (bicyclic) bond motifs is 2. The average molecular weight is 366 g/mol. The number of alkyl halides is 4. The zero-order chi connectivity index (χ0) is 17.5. The Morgan fingerprint density at radius 3 is 2.46 bits per heavy atom. The Morgan fingerprint density at radius 2 is 1.88 bits per heavy atom. The van der Waals surface area contributed by atoms with Crippen LogP contribution in [0.3, 0.4) is 0 Å². The summed E-state index contributed by atoms with van der Waals surface area (Å²) in [6.07, 6.45) is -5.53. The molecule has 0 aromatic heterocycles. The quantitative estimate of drug-likeness (QED) is 0.829. The molecule has 0 saturated carbocycles. The van der Waals surface area contributed by atoms with E-state index in [0.29, 0.717) is 5.56 Å². The van der Waals surface area contributed by atoms with Gasteiger partial charge in [0.1, 0.15) is 5.75 Å². The predicted octanol–water partition coefficient (Wildman–Crippen LogP) is 3.57. The van der Waals surface area contributed by atoms with Crippen molar-refractivity contribution in [2.75, 3.05) is 0 Å². The van der Waals surface area contributed by atoms with Crippen LogP contribution in [0.2, 0.25) is 0 Å². The molecule has 2 bridgehead atoms. The Bertz CT molecular complexity index is 622. The average Bonchev–Trinajstić information content (AvgIpc) is 2.49. The summed E-state index contributed by atoms with van der Waals surface area (Å²) in [5, 5.41) is 10.7. The van der Waals surface area contributed by atoms with E-state index in [0.717, 1.165) is 25.3 Å². The highest BCUT2D eigenvalue weighted by atomic mass is 32.2. The van der Waals surface area contributed by atoms with E-state index in [1.54, 1.807) is 6.07 Å². The zero-order valence-corrected chi connectivity index (χ0v) is 13.6. The highest BCUT2D eigenvalue weighted by Crippen LogP contribution is 2.45. The van der Waals surface area contributed by atoms with Crippen molar-refractivity contribution >= 4 is 10.8 Å². The largest absolute Gasteiger partial charge is 0.461 e. The van der Waals surface area contributed by atoms with Gasteiger partial charge in [-0.2, -0.15) is 17.6 Å². The third-order valence-electron chi connectivity index (χ3n) is 4.72. The van der Waals surface area contributed by atoms with Gasteiger partial charge in [-0.15, -0.1) is 0 Å². The van der Waals surface area contributed by atoms with Gasteiger partial charge in [-0.1, -0.05) is 18.6 Å². The zero-order valence-electron chi connectivity index (χ0n) is 12.8. The molecule has 3 rings (SSSR count). The Kier molecular flexibility index (Phi) is 4.63. The number of hydrogen-bond donors (Lipinski definition) is 1. The molecular weight excluding hydrogens is 348 g/mol. The van der Waals surface area contributed by atoms with Gasteiger partial charge >= 0.3 is 12.5 Å². The van der Waals surface area contributed by atoms with Crippen molar-refractivity contribution in [3.05, 3.63) is 29.8 Å². The molecule has 2 aliphatic rings. The summed E-state index contributed by atoms with van der Waals surface area (Å²) in [4.78, 5) is 0. The number of ether oxygens (including phenoxy) is 1. The highest BCUT2D eigenvalue weighted by Gasteiger charge is 2.47. The van der Waals surface area contributed by atoms with Gasteiger partial charge in [-0.25, -0.2) is 0 Å². The minimum atomic E-state index is -4.59. The second kappa shape index (κ2) is 6.29. The summed E-state index contributed by atoms with van der Waals surface area (Å²) < 4.78 is 67.0. The Hall–Kier alpha value is -1.15. The van der Waals surface area contributed by atoms with Crippen LogP contribution < -0.4 is 4.74 Å². The molecule has 134 valence electrons. The van der Waals surface area contributed by atoms with Gasteiger partial charge in [0.05, 0.1) is 5.60 Å². The number of aliphatic hydroxyl groups is 1. The second-order valence-electron chi connectivity index (χ2n) is 6.44. The van der Waals surface area contributed by atoms with E-state index in [2.05, 4.69) is 4.74 Å². The standard InChI is InChI=1S/C16H18F4O3S/c17-14(18)16(19,20)23-11-4-1-3-10(7-11)15(21)8-12-5-2-6-13(9-15)24(12)22/h1,3-4,7,12-14,21H,2,5-6,8-9H2. The summed E-state index contributed by atoms with van der Waals surface area (Å²) in [5.41, 5.74) is -0.970. The lowest BCUT2D eigenvalue weighted by atomic mass is 9.80. The van der Waals surface area contributed by atoms with Crippen LogP contribution in [-0.4, -0.2) is 32.3 Å². The minimum absolute atomic E-state index is 0.130. The van der Waals surface area contributed by atoms with E-state index in [4.69, 9.17) is 0 Å². The molecule has 0 amide bonds. The van der Waals surface area contributed by atoms with Gasteiger partial charge in [0.25, 0.3) is 0 Å². The topological polar surface area (TPSA) is 46.5 Å². The fourth-order valence-electron chi connectivity index (χ4n) is 3.57. The molecule has 0 aliphatic carbocycles. The van der Waals surface area contributed by atoms with Crippen molar-refractivity contribution in [3.8, 4) is 5.75 Å². The van der Waals surface area contributed by atoms with Gasteiger partial charge in [0, 0.05) is 21.3 Å². The van der Waals surface area contributed by atoms with E-state index in [9.17, 15) is 26.9 Å². The van der Waals surface area contributed by atoms with Crippen LogP contribution in [0, 0.1) is 0 Å². The fraction of sp³-hybridized carbons (Fsp3) is 0.625. The lowest BCUT2D eigenvalue weighted by Gasteiger charge is -2.43. The molecule has 2 unspecified atom stereocenters. The number of rotatable bonds is 4. The fourth-order valence-corrected chi connectivity index (χ4v) is 5.79. The molecule has 2 fully saturated rings. The van der Waals surface area contributed by atoms with Crippen LogP contribution >= 0.6 is 0 Å². The van der Waals surface area contributed by atoms with Crippen LogP contribution in [0.1, 0.15) is 37.7 Å². The van der Waals surface area contributed by atoms with Crippen molar-refractivity contribution in [1.82, 2.24) is 0 Å². The Labute approximate surface area is 139 Å². The van der Waals surface area contributed by atoms with Crippen LogP contribution in [0.5, 0.6) is 5.75 Å². The summed E-state index contributed by atoms with van der Waals surface area (Å²) in [7, 11) is -0.994. The first-order valence-electron chi connectivity index (χ1n) is 7.78. The SMILES string of the molecule is O=S1C2CCCC1CC(O)(c1cccc(OC(F)(F)C(F)F)c1)C2. The van der Waals surface area contributed by atoms with E-state index in [1.165, 1.54) is 12.1 Å². The molecule has 2 aliphatic heterocycles. The van der Waals surface area contributed by atoms with Gasteiger partial charge in [-0.3, -0.25) is 4.21 Å². The van der Waals surface area contributed by atoms with Gasteiger partial charge in [-0.05, 0) is 43.4 Å². The molecular formula is C16H18F4O3S. The third kappa shape index (κ3) is 3.31. The molecule has 0 radical (unpaired) electrons. The molecule has 1 N–H and O–H groups in total. The number of halogens is 4. The first kappa shape index (κ1) is 17.7. The summed E-state index contributed by atoms with van der Waals surface area (Å²) in [5.74, 6) is -0.428. The van der Waals surface area contributed by atoms with Gasteiger partial charge < -0.3 is 9.84 Å². The smallest absolute Gasteiger partial charge is 0.428 e. The lowest BCUT2D eigenvalue weighted by molar-refractivity contribution is -0.253. The molecule has 1 aromatic carbocycles. The van der Waals surface area contributed by atoms with Crippen molar-refractivity contribution in [1.29, 1.82) is 0 Å². The van der Waals surface area contributed by atoms with Crippen LogP contribution in [0.4, 0.5) is 17.6 Å². The first-order valence-corrected chi connectivity index (χ1v) is 9.06. The summed E-state index contributed by atoms with van der Waals surface area (Å²) in [6.45, 7) is 0. The molecule has 2 saturated heterocycles. The normalized spacial score (nSPS) is 33.5. The van der Waals surface area contributed by atoms with Gasteiger partial charge in [0.2, 0.25) is 0 Å². The Balaban J connectivity index is 1.85. The highest BCUT2D eigenvalue weighted by molar-refractivity contribution is 7.86. The molecule has 2 heterocycles. The van der Waals surface area contributed by atoms with Crippen molar-refractivity contribution in [3.63, 3.8) is 0 Å². The maximum Gasteiger partial charge on any atom is 0.461 e. The summed E-state index contributed by atoms with van der Waals surface area (Å²) in [6, 6.07) is 5.24. The molecule has 1 aromatic rings. The molecule has 8 heteroatoms. The van der Waals surface area contributed by atoms with Crippen molar-refractivity contribution in [2.24, 2.45) is 0 Å². The van der Waals surface area contributed by atoms with E-state index < -0.39 is 34.7 Å². The molecule has 24 heavy (non-hydrogen) atoms. The third-order valence-corrected chi connectivity index (χ3v) is 6.84. The van der Waals surface area contributed by atoms with Crippen LogP contribution in [-0.2, 0) is 16.4 Å². The van der Waals surface area contributed by atoms with Crippen molar-refractivity contribution in [2.45, 2.75) is 60.7 Å². The molecule has 0 spiro atoms. The van der Waals surface area contributed by atoms with Crippen LogP contribution in [0.25, 0.3) is 0 Å².